The first kappa shape index (κ1) is 14.4. The Kier molecular flexibility index (Phi) is 4.45. The molecule has 108 valence electrons. The maximum atomic E-state index is 11.5. The van der Waals surface area contributed by atoms with Crippen LogP contribution in [0.15, 0.2) is 48.4 Å². The van der Waals surface area contributed by atoms with E-state index in [9.17, 15) is 14.9 Å². The van der Waals surface area contributed by atoms with Gasteiger partial charge in [0.05, 0.1) is 17.7 Å². The van der Waals surface area contributed by atoms with Crippen molar-refractivity contribution in [2.24, 2.45) is 0 Å². The topological polar surface area (TPSA) is 94.4 Å². The van der Waals surface area contributed by atoms with Gasteiger partial charge in [-0.25, -0.2) is 9.78 Å². The number of esters is 1. The maximum absolute atomic E-state index is 11.5. The first-order chi connectivity index (χ1) is 10.1. The van der Waals surface area contributed by atoms with Crippen molar-refractivity contribution in [3.63, 3.8) is 0 Å². The van der Waals surface area contributed by atoms with Crippen LogP contribution in [0.3, 0.4) is 0 Å². The molecule has 0 amide bonds. The summed E-state index contributed by atoms with van der Waals surface area (Å²) >= 11 is 0. The number of ether oxygens (including phenoxy) is 1. The number of aromatic nitrogens is 1. The predicted molar refractivity (Wildman–Crippen MR) is 77.1 cm³/mol. The van der Waals surface area contributed by atoms with Gasteiger partial charge in [0.2, 0.25) is 0 Å². The van der Waals surface area contributed by atoms with E-state index in [1.54, 1.807) is 13.1 Å². The summed E-state index contributed by atoms with van der Waals surface area (Å²) in [6.45, 7) is 1.64. The van der Waals surface area contributed by atoms with Crippen LogP contribution in [0.4, 0.5) is 5.82 Å². The number of nitrogens with zero attached hydrogens (tertiary/aromatic N) is 2. The number of hydrogen-bond acceptors (Lipinski definition) is 6. The average molecular weight is 287 g/mol. The molecule has 1 heterocycles. The fourth-order valence-electron chi connectivity index (χ4n) is 1.76. The Morgan fingerprint density at radius 3 is 2.90 bits per heavy atom. The molecule has 0 aliphatic heterocycles. The lowest BCUT2D eigenvalue weighted by Gasteiger charge is -2.05. The normalized spacial score (nSPS) is 11.2. The van der Waals surface area contributed by atoms with Gasteiger partial charge in [-0.05, 0) is 18.4 Å². The number of rotatable bonds is 5. The maximum Gasteiger partial charge on any atom is 0.411 e. The SMILES string of the molecule is CCOC(=O)C(=CNc1nccc2ccccc12)[N+](=O)[O-]. The largest absolute Gasteiger partial charge is 0.458 e. The lowest BCUT2D eigenvalue weighted by atomic mass is 10.1. The van der Waals surface area contributed by atoms with E-state index in [0.29, 0.717) is 5.82 Å². The van der Waals surface area contributed by atoms with Crippen LogP contribution in [0.5, 0.6) is 0 Å². The highest BCUT2D eigenvalue weighted by atomic mass is 16.6. The molecule has 0 bridgehead atoms. The van der Waals surface area contributed by atoms with Crippen LogP contribution in [0.25, 0.3) is 10.8 Å². The zero-order chi connectivity index (χ0) is 15.2. The summed E-state index contributed by atoms with van der Waals surface area (Å²) < 4.78 is 4.63. The molecular weight excluding hydrogens is 274 g/mol. The van der Waals surface area contributed by atoms with E-state index in [2.05, 4.69) is 15.0 Å². The number of anilines is 1. The van der Waals surface area contributed by atoms with Crippen molar-refractivity contribution in [2.45, 2.75) is 6.92 Å². The Labute approximate surface area is 120 Å². The highest BCUT2D eigenvalue weighted by Gasteiger charge is 2.23. The monoisotopic (exact) mass is 287 g/mol. The molecule has 0 atom stereocenters. The summed E-state index contributed by atoms with van der Waals surface area (Å²) in [6, 6.07) is 9.26. The summed E-state index contributed by atoms with van der Waals surface area (Å²) in [5, 5.41) is 15.3. The van der Waals surface area contributed by atoms with Crippen LogP contribution < -0.4 is 5.32 Å². The number of pyridine rings is 1. The molecule has 0 aliphatic rings. The van der Waals surface area contributed by atoms with Crippen LogP contribution in [0, 0.1) is 10.1 Å². The molecule has 7 heteroatoms. The molecule has 0 saturated carbocycles. The lowest BCUT2D eigenvalue weighted by Crippen LogP contribution is -2.16. The van der Waals surface area contributed by atoms with Crippen molar-refractivity contribution in [1.29, 1.82) is 0 Å². The summed E-state index contributed by atoms with van der Waals surface area (Å²) in [5.41, 5.74) is -0.674. The number of fused-ring (bicyclic) bond motifs is 1. The van der Waals surface area contributed by atoms with Crippen molar-refractivity contribution < 1.29 is 14.5 Å². The minimum atomic E-state index is -0.991. The first-order valence-electron chi connectivity index (χ1n) is 6.25. The fraction of sp³-hybridized carbons (Fsp3) is 0.143. The van der Waals surface area contributed by atoms with E-state index in [4.69, 9.17) is 0 Å². The number of nitro groups is 1. The summed E-state index contributed by atoms with van der Waals surface area (Å²) in [5.74, 6) is -0.563. The first-order valence-corrected chi connectivity index (χ1v) is 6.25. The number of nitrogens with one attached hydrogen (secondary N) is 1. The van der Waals surface area contributed by atoms with E-state index in [1.165, 1.54) is 0 Å². The van der Waals surface area contributed by atoms with Crippen LogP contribution in [0.1, 0.15) is 6.92 Å². The number of carbonyl (C=O) groups excluding carboxylic acids is 1. The molecule has 0 aliphatic carbocycles. The second-order valence-electron chi connectivity index (χ2n) is 4.03. The Hall–Kier alpha value is -2.96. The summed E-state index contributed by atoms with van der Waals surface area (Å²) in [7, 11) is 0. The van der Waals surface area contributed by atoms with Crippen molar-refractivity contribution in [1.82, 2.24) is 4.98 Å². The van der Waals surface area contributed by atoms with Gasteiger partial charge in [-0.2, -0.15) is 0 Å². The molecule has 7 nitrogen and oxygen atoms in total. The van der Waals surface area contributed by atoms with Crippen molar-refractivity contribution in [3.05, 3.63) is 58.5 Å². The van der Waals surface area contributed by atoms with E-state index < -0.39 is 16.6 Å². The van der Waals surface area contributed by atoms with Crippen molar-refractivity contribution in [3.8, 4) is 0 Å². The quantitative estimate of drug-likeness (QED) is 0.392. The Morgan fingerprint density at radius 1 is 1.43 bits per heavy atom. The highest BCUT2D eigenvalue weighted by molar-refractivity contribution is 5.92. The molecule has 0 unspecified atom stereocenters. The predicted octanol–water partition coefficient (Wildman–Crippen LogP) is 2.33. The highest BCUT2D eigenvalue weighted by Crippen LogP contribution is 2.20. The third kappa shape index (κ3) is 3.33. The molecule has 1 N–H and O–H groups in total. The van der Waals surface area contributed by atoms with E-state index >= 15 is 0 Å². The van der Waals surface area contributed by atoms with Gasteiger partial charge in [-0.1, -0.05) is 24.3 Å². The zero-order valence-corrected chi connectivity index (χ0v) is 11.3. The van der Waals surface area contributed by atoms with Gasteiger partial charge in [-0.15, -0.1) is 0 Å². The van der Waals surface area contributed by atoms with Crippen molar-refractivity contribution in [2.75, 3.05) is 11.9 Å². The summed E-state index contributed by atoms with van der Waals surface area (Å²) in [4.78, 5) is 25.7. The van der Waals surface area contributed by atoms with E-state index in [1.807, 2.05) is 30.3 Å². The molecular formula is C14H13N3O4. The molecule has 0 saturated heterocycles. The van der Waals surface area contributed by atoms with Gasteiger partial charge < -0.3 is 10.1 Å². The second kappa shape index (κ2) is 6.47. The van der Waals surface area contributed by atoms with Gasteiger partial charge in [0.15, 0.2) is 0 Å². The number of benzene rings is 1. The van der Waals surface area contributed by atoms with Crippen LogP contribution in [0.2, 0.25) is 0 Å². The van der Waals surface area contributed by atoms with Gasteiger partial charge in [0.1, 0.15) is 5.82 Å². The molecule has 0 fully saturated rings. The third-order valence-electron chi connectivity index (χ3n) is 2.70. The molecule has 1 aromatic carbocycles. The Morgan fingerprint density at radius 2 is 2.19 bits per heavy atom. The molecule has 0 radical (unpaired) electrons. The van der Waals surface area contributed by atoms with E-state index in [0.717, 1.165) is 17.0 Å². The second-order valence-corrected chi connectivity index (χ2v) is 4.03. The Bertz CT molecular complexity index is 707. The number of carbonyl (C=O) groups is 1. The van der Waals surface area contributed by atoms with Gasteiger partial charge in [-0.3, -0.25) is 10.1 Å². The van der Waals surface area contributed by atoms with Gasteiger partial charge in [0.25, 0.3) is 0 Å². The minimum Gasteiger partial charge on any atom is -0.458 e. The molecule has 2 rings (SSSR count). The molecule has 2 aromatic rings. The fourth-order valence-corrected chi connectivity index (χ4v) is 1.76. The molecule has 1 aromatic heterocycles. The van der Waals surface area contributed by atoms with Gasteiger partial charge >= 0.3 is 11.7 Å². The lowest BCUT2D eigenvalue weighted by molar-refractivity contribution is -0.421. The van der Waals surface area contributed by atoms with E-state index in [-0.39, 0.29) is 6.61 Å². The van der Waals surface area contributed by atoms with Crippen LogP contribution in [-0.2, 0) is 9.53 Å². The number of hydrogen-bond donors (Lipinski definition) is 1. The zero-order valence-electron chi connectivity index (χ0n) is 11.3. The third-order valence-corrected chi connectivity index (χ3v) is 2.70. The van der Waals surface area contributed by atoms with Crippen LogP contribution >= 0.6 is 0 Å². The minimum absolute atomic E-state index is 0.0660. The standard InChI is InChI=1S/C14H13N3O4/c1-2-21-14(18)12(17(19)20)9-16-13-11-6-4-3-5-10(11)7-8-15-13/h3-9H,2H2,1H3,(H,15,16). The molecule has 21 heavy (non-hydrogen) atoms. The van der Waals surface area contributed by atoms with Crippen molar-refractivity contribution >= 4 is 22.6 Å². The van der Waals surface area contributed by atoms with Gasteiger partial charge in [0, 0.05) is 11.6 Å². The Balaban J connectivity index is 2.32. The smallest absolute Gasteiger partial charge is 0.411 e. The van der Waals surface area contributed by atoms with Crippen LogP contribution in [-0.4, -0.2) is 22.5 Å². The summed E-state index contributed by atoms with van der Waals surface area (Å²) in [6.07, 6.45) is 2.57. The average Bonchev–Trinajstić information content (AvgIpc) is 2.47. The molecule has 0 spiro atoms.